The molecule has 150 valence electrons. The molecule has 2 amide bonds. The first-order chi connectivity index (χ1) is 14.0. The van der Waals surface area contributed by atoms with Crippen molar-refractivity contribution >= 4 is 51.8 Å². The summed E-state index contributed by atoms with van der Waals surface area (Å²) in [6.07, 6.45) is 2.64. The number of carbonyl (C=O) groups is 2. The highest BCUT2D eigenvalue weighted by molar-refractivity contribution is 7.24. The summed E-state index contributed by atoms with van der Waals surface area (Å²) >= 11 is 8.82. The second-order valence-corrected chi connectivity index (χ2v) is 9.68. The molecule has 1 fully saturated rings. The fraction of sp³-hybridized carbons (Fsp3) is 0.286. The molecule has 1 aromatic carbocycles. The highest BCUT2D eigenvalue weighted by atomic mass is 35.5. The molecule has 0 radical (unpaired) electrons. The average Bonchev–Trinajstić information content (AvgIpc) is 3.29. The molecule has 29 heavy (non-hydrogen) atoms. The summed E-state index contributed by atoms with van der Waals surface area (Å²) in [4.78, 5) is 32.8. The molecule has 4 rings (SSSR count). The normalized spacial score (nSPS) is 14.3. The first-order valence-corrected chi connectivity index (χ1v) is 11.4. The van der Waals surface area contributed by atoms with Crippen LogP contribution in [0.15, 0.2) is 36.4 Å². The van der Waals surface area contributed by atoms with Crippen LogP contribution < -0.4 is 5.32 Å². The van der Waals surface area contributed by atoms with Gasteiger partial charge in [-0.1, -0.05) is 23.7 Å². The molecule has 0 unspecified atom stereocenters. The number of hydrogen-bond acceptors (Lipinski definition) is 5. The largest absolute Gasteiger partial charge is 0.338 e. The van der Waals surface area contributed by atoms with Gasteiger partial charge in [-0.15, -0.1) is 22.7 Å². The van der Waals surface area contributed by atoms with Crippen LogP contribution in [0.25, 0.3) is 9.88 Å². The third-order valence-electron chi connectivity index (χ3n) is 4.77. The number of nitrogens with zero attached hydrogens (tertiary/aromatic N) is 2. The second kappa shape index (κ2) is 8.65. The van der Waals surface area contributed by atoms with Gasteiger partial charge in [-0.25, -0.2) is 4.98 Å². The smallest absolute Gasteiger partial charge is 0.267 e. The zero-order valence-electron chi connectivity index (χ0n) is 15.9. The molecule has 8 heteroatoms. The Morgan fingerprint density at radius 1 is 1.24 bits per heavy atom. The lowest BCUT2D eigenvalue weighted by atomic mass is 10.1. The van der Waals surface area contributed by atoms with Crippen molar-refractivity contribution in [1.29, 1.82) is 0 Å². The van der Waals surface area contributed by atoms with E-state index in [1.165, 1.54) is 22.7 Å². The highest BCUT2D eigenvalue weighted by Gasteiger charge is 2.19. The van der Waals surface area contributed by atoms with Crippen molar-refractivity contribution in [3.8, 4) is 9.88 Å². The number of piperidine rings is 1. The number of thiophene rings is 1. The van der Waals surface area contributed by atoms with E-state index >= 15 is 0 Å². The summed E-state index contributed by atoms with van der Waals surface area (Å²) in [5.74, 6) is 0.0206. The molecule has 0 bridgehead atoms. The Balaban J connectivity index is 1.47. The topological polar surface area (TPSA) is 62.3 Å². The van der Waals surface area contributed by atoms with E-state index in [9.17, 15) is 9.59 Å². The second-order valence-electron chi connectivity index (χ2n) is 6.96. The van der Waals surface area contributed by atoms with Crippen LogP contribution in [-0.2, 0) is 11.3 Å². The van der Waals surface area contributed by atoms with Crippen molar-refractivity contribution < 1.29 is 9.59 Å². The van der Waals surface area contributed by atoms with E-state index in [4.69, 9.17) is 11.6 Å². The van der Waals surface area contributed by atoms with Crippen LogP contribution in [0.5, 0.6) is 0 Å². The summed E-state index contributed by atoms with van der Waals surface area (Å²) in [5, 5.41) is 3.76. The maximum atomic E-state index is 12.8. The minimum atomic E-state index is -0.180. The monoisotopic (exact) mass is 445 g/mol. The number of nitrogens with one attached hydrogen (secondary N) is 1. The zero-order valence-corrected chi connectivity index (χ0v) is 18.3. The zero-order chi connectivity index (χ0) is 20.4. The lowest BCUT2D eigenvalue weighted by Crippen LogP contribution is -2.34. The van der Waals surface area contributed by atoms with Crippen molar-refractivity contribution in [2.75, 3.05) is 11.9 Å². The van der Waals surface area contributed by atoms with Gasteiger partial charge in [0, 0.05) is 25.2 Å². The number of carbonyl (C=O) groups excluding carboxylic acids is 2. The molecule has 0 saturated carbocycles. The number of aryl methyl sites for hydroxylation is 1. The first-order valence-electron chi connectivity index (χ1n) is 9.41. The van der Waals surface area contributed by atoms with Crippen LogP contribution in [0, 0.1) is 6.92 Å². The molecular formula is C21H20ClN3O2S2. The third-order valence-corrected chi connectivity index (χ3v) is 7.32. The molecule has 3 aromatic rings. The Morgan fingerprint density at radius 3 is 2.86 bits per heavy atom. The van der Waals surface area contributed by atoms with Gasteiger partial charge in [0.25, 0.3) is 5.91 Å². The van der Waals surface area contributed by atoms with E-state index in [2.05, 4.69) is 10.3 Å². The Bertz CT molecular complexity index is 1060. The molecule has 0 atom stereocenters. The van der Waals surface area contributed by atoms with Gasteiger partial charge in [0.05, 0.1) is 14.9 Å². The van der Waals surface area contributed by atoms with Crippen LogP contribution in [0.4, 0.5) is 5.69 Å². The fourth-order valence-corrected chi connectivity index (χ4v) is 5.39. The Labute approximate surface area is 182 Å². The van der Waals surface area contributed by atoms with Crippen LogP contribution in [0.2, 0.25) is 4.34 Å². The number of aromatic nitrogens is 1. The van der Waals surface area contributed by atoms with Gasteiger partial charge in [-0.3, -0.25) is 9.59 Å². The molecule has 1 saturated heterocycles. The quantitative estimate of drug-likeness (QED) is 0.556. The number of amides is 2. The maximum Gasteiger partial charge on any atom is 0.267 e. The number of thiazole rings is 1. The molecule has 1 N–H and O–H groups in total. The lowest BCUT2D eigenvalue weighted by molar-refractivity contribution is -0.133. The van der Waals surface area contributed by atoms with E-state index in [0.717, 1.165) is 34.8 Å². The summed E-state index contributed by atoms with van der Waals surface area (Å²) in [5.41, 5.74) is 2.42. The minimum Gasteiger partial charge on any atom is -0.338 e. The summed E-state index contributed by atoms with van der Waals surface area (Å²) in [6.45, 7) is 3.21. The standard InChI is InChI=1S/C21H20ClN3O2S2/c1-13-19(29-21(23-13)16-8-9-17(22)28-16)20(27)24-15-6-4-5-14(11-15)12-25-10-3-2-7-18(25)26/h4-6,8-9,11H,2-3,7,10,12H2,1H3,(H,24,27). The molecular weight excluding hydrogens is 426 g/mol. The van der Waals surface area contributed by atoms with E-state index in [-0.39, 0.29) is 11.8 Å². The van der Waals surface area contributed by atoms with Gasteiger partial charge < -0.3 is 10.2 Å². The number of likely N-dealkylation sites (tertiary alicyclic amines) is 1. The average molecular weight is 446 g/mol. The summed E-state index contributed by atoms with van der Waals surface area (Å²) < 4.78 is 0.697. The molecule has 5 nitrogen and oxygen atoms in total. The fourth-order valence-electron chi connectivity index (χ4n) is 3.33. The van der Waals surface area contributed by atoms with Gasteiger partial charge in [0.2, 0.25) is 5.91 Å². The van der Waals surface area contributed by atoms with E-state index in [0.29, 0.717) is 33.6 Å². The molecule has 2 aromatic heterocycles. The Morgan fingerprint density at radius 2 is 2.10 bits per heavy atom. The number of anilines is 1. The van der Waals surface area contributed by atoms with Crippen LogP contribution in [0.3, 0.4) is 0 Å². The highest BCUT2D eigenvalue weighted by Crippen LogP contribution is 2.35. The van der Waals surface area contributed by atoms with Crippen LogP contribution >= 0.6 is 34.3 Å². The number of rotatable bonds is 5. The van der Waals surface area contributed by atoms with Crippen molar-refractivity contribution in [2.24, 2.45) is 0 Å². The third kappa shape index (κ3) is 4.69. The Hall–Kier alpha value is -2.22. The minimum absolute atomic E-state index is 0.180. The molecule has 0 aliphatic carbocycles. The molecule has 1 aliphatic heterocycles. The molecule has 1 aliphatic rings. The van der Waals surface area contributed by atoms with Gasteiger partial charge in [0.1, 0.15) is 9.88 Å². The van der Waals surface area contributed by atoms with E-state index in [1.807, 2.05) is 48.2 Å². The number of hydrogen-bond donors (Lipinski definition) is 1. The Kier molecular flexibility index (Phi) is 5.99. The number of halogens is 1. The van der Waals surface area contributed by atoms with Crippen LogP contribution in [-0.4, -0.2) is 28.2 Å². The lowest BCUT2D eigenvalue weighted by Gasteiger charge is -2.26. The number of benzene rings is 1. The first kappa shape index (κ1) is 20.1. The predicted molar refractivity (Wildman–Crippen MR) is 119 cm³/mol. The SMILES string of the molecule is Cc1nc(-c2ccc(Cl)s2)sc1C(=O)Nc1cccc(CN2CCCCC2=O)c1. The summed E-state index contributed by atoms with van der Waals surface area (Å²) in [7, 11) is 0. The van der Waals surface area contributed by atoms with Crippen molar-refractivity contribution in [3.05, 3.63) is 56.9 Å². The van der Waals surface area contributed by atoms with Gasteiger partial charge in [-0.05, 0) is 49.6 Å². The van der Waals surface area contributed by atoms with Gasteiger partial charge in [-0.2, -0.15) is 0 Å². The maximum absolute atomic E-state index is 12.8. The van der Waals surface area contributed by atoms with Gasteiger partial charge >= 0.3 is 0 Å². The van der Waals surface area contributed by atoms with Crippen molar-refractivity contribution in [3.63, 3.8) is 0 Å². The molecule has 3 heterocycles. The van der Waals surface area contributed by atoms with Gasteiger partial charge in [0.15, 0.2) is 0 Å². The van der Waals surface area contributed by atoms with Crippen molar-refractivity contribution in [2.45, 2.75) is 32.7 Å². The molecule has 0 spiro atoms. The van der Waals surface area contributed by atoms with Crippen molar-refractivity contribution in [1.82, 2.24) is 9.88 Å². The predicted octanol–water partition coefficient (Wildman–Crippen LogP) is 5.60. The summed E-state index contributed by atoms with van der Waals surface area (Å²) in [6, 6.07) is 11.4. The van der Waals surface area contributed by atoms with E-state index in [1.54, 1.807) is 0 Å². The van der Waals surface area contributed by atoms with Crippen LogP contribution in [0.1, 0.15) is 40.2 Å². The van der Waals surface area contributed by atoms with E-state index < -0.39 is 0 Å².